The quantitative estimate of drug-likeness (QED) is 0.770. The molecule has 0 unspecified atom stereocenters. The van der Waals surface area contributed by atoms with Gasteiger partial charge < -0.3 is 0 Å². The third kappa shape index (κ3) is 4.42. The van der Waals surface area contributed by atoms with Crippen molar-refractivity contribution < 1.29 is 13.2 Å². The first-order valence-electron chi connectivity index (χ1n) is 6.67. The Bertz CT molecular complexity index is 630. The first-order valence-corrected chi connectivity index (χ1v) is 9.32. The highest BCUT2D eigenvalue weighted by Gasteiger charge is 2.24. The number of hydrogen-bond donors (Lipinski definition) is 2. The molecule has 116 valence electrons. The van der Waals surface area contributed by atoms with E-state index < -0.39 is 10.0 Å². The normalized spacial score (nSPS) is 16.7. The fraction of sp³-hybridized carbons (Fsp3) is 0.462. The van der Waals surface area contributed by atoms with Crippen LogP contribution in [0.3, 0.4) is 0 Å². The number of hydrogen-bond acceptors (Lipinski definition) is 3. The number of carbonyl (C=O) groups excluding carboxylic acids is 1. The Morgan fingerprint density at radius 2 is 1.90 bits per heavy atom. The first kappa shape index (κ1) is 16.7. The molecule has 0 bridgehead atoms. The van der Waals surface area contributed by atoms with Gasteiger partial charge in [-0.2, -0.15) is 0 Å². The van der Waals surface area contributed by atoms with E-state index in [1.165, 1.54) is 12.1 Å². The average molecular weight is 396 g/mol. The molecule has 1 amide bonds. The Hall–Kier alpha value is -0.630. The summed E-state index contributed by atoms with van der Waals surface area (Å²) in [7, 11) is -3.88. The molecule has 0 heterocycles. The lowest BCUT2D eigenvalue weighted by Crippen LogP contribution is -2.44. The van der Waals surface area contributed by atoms with Crippen LogP contribution in [-0.4, -0.2) is 14.3 Å². The molecule has 0 saturated heterocycles. The summed E-state index contributed by atoms with van der Waals surface area (Å²) in [4.78, 5) is 14.0. The largest absolute Gasteiger partial charge is 0.277 e. The van der Waals surface area contributed by atoms with Crippen LogP contribution in [0.25, 0.3) is 0 Å². The molecule has 1 aromatic carbocycles. The molecule has 1 fully saturated rings. The molecule has 5 nitrogen and oxygen atoms in total. The van der Waals surface area contributed by atoms with Gasteiger partial charge in [0.1, 0.15) is 4.90 Å². The smallest absolute Gasteiger partial charge is 0.258 e. The van der Waals surface area contributed by atoms with Gasteiger partial charge in [-0.3, -0.25) is 10.2 Å². The molecule has 2 N–H and O–H groups in total. The second kappa shape index (κ2) is 7.09. The average Bonchev–Trinajstić information content (AvgIpc) is 2.45. The Kier molecular flexibility index (Phi) is 5.65. The maximum absolute atomic E-state index is 12.1. The van der Waals surface area contributed by atoms with E-state index >= 15 is 0 Å². The Balaban J connectivity index is 2.02. The number of hydrazine groups is 1. The van der Waals surface area contributed by atoms with E-state index in [9.17, 15) is 13.2 Å². The Morgan fingerprint density at radius 3 is 2.52 bits per heavy atom. The van der Waals surface area contributed by atoms with Crippen molar-refractivity contribution in [3.8, 4) is 0 Å². The zero-order valence-corrected chi connectivity index (χ0v) is 14.4. The monoisotopic (exact) mass is 394 g/mol. The van der Waals surface area contributed by atoms with Gasteiger partial charge in [-0.1, -0.05) is 46.8 Å². The van der Waals surface area contributed by atoms with Gasteiger partial charge in [0.2, 0.25) is 5.91 Å². The van der Waals surface area contributed by atoms with E-state index in [0.29, 0.717) is 4.47 Å². The molecular formula is C13H16BrClN2O3S. The molecule has 0 aromatic heterocycles. The summed E-state index contributed by atoms with van der Waals surface area (Å²) in [6.45, 7) is 0. The van der Waals surface area contributed by atoms with Crippen molar-refractivity contribution in [1.82, 2.24) is 10.3 Å². The minimum absolute atomic E-state index is 0.0729. The number of benzene rings is 1. The van der Waals surface area contributed by atoms with Crippen molar-refractivity contribution in [1.29, 1.82) is 0 Å². The van der Waals surface area contributed by atoms with Crippen LogP contribution >= 0.6 is 27.5 Å². The maximum atomic E-state index is 12.1. The van der Waals surface area contributed by atoms with E-state index in [4.69, 9.17) is 11.6 Å². The van der Waals surface area contributed by atoms with Gasteiger partial charge in [0, 0.05) is 10.4 Å². The fourth-order valence-electron chi connectivity index (χ4n) is 2.33. The van der Waals surface area contributed by atoms with Gasteiger partial charge in [-0.25, -0.2) is 8.42 Å². The maximum Gasteiger partial charge on any atom is 0.258 e. The molecule has 8 heteroatoms. The number of rotatable bonds is 4. The van der Waals surface area contributed by atoms with Gasteiger partial charge in [0.25, 0.3) is 10.0 Å². The zero-order chi connectivity index (χ0) is 15.5. The van der Waals surface area contributed by atoms with Crippen LogP contribution in [-0.2, 0) is 14.8 Å². The highest BCUT2D eigenvalue weighted by Crippen LogP contribution is 2.25. The predicted octanol–water partition coefficient (Wildman–Crippen LogP) is 2.99. The van der Waals surface area contributed by atoms with Crippen LogP contribution in [0.15, 0.2) is 27.6 Å². The number of nitrogens with one attached hydrogen (secondary N) is 2. The summed E-state index contributed by atoms with van der Waals surface area (Å²) in [6.07, 6.45) is 4.73. The van der Waals surface area contributed by atoms with E-state index in [0.717, 1.165) is 32.1 Å². The second-order valence-electron chi connectivity index (χ2n) is 5.00. The molecule has 1 saturated carbocycles. The number of carbonyl (C=O) groups is 1. The number of sulfonamides is 1. The fourth-order valence-corrected chi connectivity index (χ4v) is 4.22. The Labute approximate surface area is 137 Å². The molecule has 1 aromatic rings. The molecule has 0 spiro atoms. The van der Waals surface area contributed by atoms with Crippen molar-refractivity contribution in [3.63, 3.8) is 0 Å². The number of amides is 1. The van der Waals surface area contributed by atoms with Crippen molar-refractivity contribution in [2.75, 3.05) is 0 Å². The van der Waals surface area contributed by atoms with Crippen LogP contribution in [0, 0.1) is 5.92 Å². The van der Waals surface area contributed by atoms with Gasteiger partial charge in [-0.05, 0) is 31.0 Å². The molecule has 21 heavy (non-hydrogen) atoms. The third-order valence-electron chi connectivity index (χ3n) is 3.47. The molecular weight excluding hydrogens is 380 g/mol. The zero-order valence-electron chi connectivity index (χ0n) is 11.2. The summed E-state index contributed by atoms with van der Waals surface area (Å²) in [5, 5.41) is 0.0868. The van der Waals surface area contributed by atoms with Crippen molar-refractivity contribution >= 4 is 43.5 Å². The lowest BCUT2D eigenvalue weighted by Gasteiger charge is -2.20. The van der Waals surface area contributed by atoms with E-state index in [1.807, 2.05) is 0 Å². The van der Waals surface area contributed by atoms with E-state index in [-0.39, 0.29) is 21.7 Å². The number of halogens is 2. The molecule has 0 aliphatic heterocycles. The third-order valence-corrected chi connectivity index (χ3v) is 5.69. The minimum Gasteiger partial charge on any atom is -0.277 e. The SMILES string of the molecule is O=C(NNS(=O)(=O)c1ccc(Br)cc1Cl)C1CCCCC1. The summed E-state index contributed by atoms with van der Waals surface area (Å²) in [5.41, 5.74) is 2.29. The summed E-state index contributed by atoms with van der Waals surface area (Å²) in [5.74, 6) is -0.409. The van der Waals surface area contributed by atoms with Crippen LogP contribution in [0.5, 0.6) is 0 Å². The van der Waals surface area contributed by atoms with Crippen molar-refractivity contribution in [2.24, 2.45) is 5.92 Å². The van der Waals surface area contributed by atoms with Gasteiger partial charge in [0.15, 0.2) is 0 Å². The first-order chi connectivity index (χ1) is 9.90. The highest BCUT2D eigenvalue weighted by atomic mass is 79.9. The standard InChI is InChI=1S/C13H16BrClN2O3S/c14-10-6-7-12(11(15)8-10)21(19,20)17-16-13(18)9-4-2-1-3-5-9/h6-9,17H,1-5H2,(H,16,18). The van der Waals surface area contributed by atoms with Crippen LogP contribution in [0.2, 0.25) is 5.02 Å². The summed E-state index contributed by atoms with van der Waals surface area (Å²) >= 11 is 9.12. The van der Waals surface area contributed by atoms with Crippen LogP contribution < -0.4 is 10.3 Å². The van der Waals surface area contributed by atoms with Crippen LogP contribution in [0.1, 0.15) is 32.1 Å². The topological polar surface area (TPSA) is 75.3 Å². The summed E-state index contributed by atoms with van der Waals surface area (Å²) < 4.78 is 24.9. The van der Waals surface area contributed by atoms with Gasteiger partial charge >= 0.3 is 0 Å². The van der Waals surface area contributed by atoms with Crippen LogP contribution in [0.4, 0.5) is 0 Å². The van der Waals surface area contributed by atoms with E-state index in [1.54, 1.807) is 6.07 Å². The molecule has 2 rings (SSSR count). The molecule has 1 aliphatic carbocycles. The van der Waals surface area contributed by atoms with Gasteiger partial charge in [0.05, 0.1) is 5.02 Å². The highest BCUT2D eigenvalue weighted by molar-refractivity contribution is 9.10. The van der Waals surface area contributed by atoms with Crippen molar-refractivity contribution in [3.05, 3.63) is 27.7 Å². The van der Waals surface area contributed by atoms with E-state index in [2.05, 4.69) is 26.2 Å². The Morgan fingerprint density at radius 1 is 1.24 bits per heavy atom. The lowest BCUT2D eigenvalue weighted by atomic mass is 9.89. The molecule has 0 atom stereocenters. The predicted molar refractivity (Wildman–Crippen MR) is 84.2 cm³/mol. The van der Waals surface area contributed by atoms with Gasteiger partial charge in [-0.15, -0.1) is 4.83 Å². The molecule has 0 radical (unpaired) electrons. The lowest BCUT2D eigenvalue weighted by molar-refractivity contribution is -0.126. The minimum atomic E-state index is -3.88. The summed E-state index contributed by atoms with van der Waals surface area (Å²) in [6, 6.07) is 4.43. The van der Waals surface area contributed by atoms with Crippen molar-refractivity contribution in [2.45, 2.75) is 37.0 Å². The molecule has 1 aliphatic rings. The second-order valence-corrected chi connectivity index (χ2v) is 7.98.